The fraction of sp³-hybridized carbons (Fsp3) is 0.278. The van der Waals surface area contributed by atoms with E-state index in [0.717, 1.165) is 5.56 Å². The molecular weight excluding hydrogens is 379 g/mol. The van der Waals surface area contributed by atoms with Crippen LogP contribution in [0.4, 0.5) is 10.5 Å². The highest BCUT2D eigenvalue weighted by Gasteiger charge is 2.14. The topological polar surface area (TPSA) is 68.8 Å². The first-order chi connectivity index (χ1) is 12.5. The van der Waals surface area contributed by atoms with Gasteiger partial charge in [-0.3, -0.25) is 0 Å². The molecule has 6 nitrogen and oxygen atoms in total. The predicted molar refractivity (Wildman–Crippen MR) is 103 cm³/mol. The summed E-state index contributed by atoms with van der Waals surface area (Å²) < 4.78 is 15.8. The van der Waals surface area contributed by atoms with Crippen molar-refractivity contribution in [2.45, 2.75) is 6.42 Å². The second-order valence-corrected chi connectivity index (χ2v) is 6.12. The van der Waals surface area contributed by atoms with E-state index in [1.807, 2.05) is 6.07 Å². The van der Waals surface area contributed by atoms with Crippen LogP contribution >= 0.6 is 23.2 Å². The maximum Gasteiger partial charge on any atom is 0.319 e. The number of ether oxygens (including phenoxy) is 3. The van der Waals surface area contributed by atoms with Crippen molar-refractivity contribution in [1.82, 2.24) is 5.32 Å². The van der Waals surface area contributed by atoms with Gasteiger partial charge in [-0.2, -0.15) is 0 Å². The van der Waals surface area contributed by atoms with Crippen LogP contribution in [0.25, 0.3) is 0 Å². The molecule has 0 spiro atoms. The summed E-state index contributed by atoms with van der Waals surface area (Å²) in [5.41, 5.74) is 1.42. The van der Waals surface area contributed by atoms with Gasteiger partial charge in [-0.05, 0) is 24.1 Å². The molecule has 0 saturated heterocycles. The summed E-state index contributed by atoms with van der Waals surface area (Å²) in [5, 5.41) is 6.65. The average Bonchev–Trinajstić information content (AvgIpc) is 2.62. The van der Waals surface area contributed by atoms with Crippen molar-refractivity contribution in [2.24, 2.45) is 0 Å². The lowest BCUT2D eigenvalue weighted by molar-refractivity contribution is 0.252. The van der Waals surface area contributed by atoms with Gasteiger partial charge in [0.1, 0.15) is 0 Å². The Balaban J connectivity index is 1.97. The van der Waals surface area contributed by atoms with E-state index in [1.165, 1.54) is 21.3 Å². The van der Waals surface area contributed by atoms with Gasteiger partial charge in [0, 0.05) is 28.7 Å². The zero-order valence-electron chi connectivity index (χ0n) is 14.7. The molecule has 2 N–H and O–H groups in total. The minimum atomic E-state index is -0.357. The zero-order chi connectivity index (χ0) is 19.1. The number of amides is 2. The lowest BCUT2D eigenvalue weighted by Gasteiger charge is -2.15. The molecule has 0 saturated carbocycles. The van der Waals surface area contributed by atoms with Gasteiger partial charge in [-0.25, -0.2) is 4.79 Å². The number of benzene rings is 2. The molecule has 0 aliphatic heterocycles. The molecule has 0 aliphatic carbocycles. The number of carbonyl (C=O) groups is 1. The molecule has 2 aromatic carbocycles. The molecule has 0 aliphatic rings. The SMILES string of the molecule is COc1cc(NC(=O)NCCc2ccc(Cl)cc2Cl)cc(OC)c1OC. The first kappa shape index (κ1) is 20.0. The summed E-state index contributed by atoms with van der Waals surface area (Å²) >= 11 is 12.0. The van der Waals surface area contributed by atoms with Crippen molar-refractivity contribution in [2.75, 3.05) is 33.2 Å². The third-order valence-electron chi connectivity index (χ3n) is 3.62. The van der Waals surface area contributed by atoms with E-state index >= 15 is 0 Å². The molecule has 0 radical (unpaired) electrons. The van der Waals surface area contributed by atoms with E-state index in [-0.39, 0.29) is 6.03 Å². The average molecular weight is 399 g/mol. The molecule has 140 valence electrons. The number of nitrogens with one attached hydrogen (secondary N) is 2. The predicted octanol–water partition coefficient (Wildman–Crippen LogP) is 4.38. The minimum Gasteiger partial charge on any atom is -0.493 e. The number of halogens is 2. The van der Waals surface area contributed by atoms with E-state index in [0.29, 0.717) is 45.9 Å². The number of hydrogen-bond acceptors (Lipinski definition) is 4. The van der Waals surface area contributed by atoms with Gasteiger partial charge in [0.15, 0.2) is 11.5 Å². The van der Waals surface area contributed by atoms with E-state index < -0.39 is 0 Å². The van der Waals surface area contributed by atoms with Crippen LogP contribution in [0.1, 0.15) is 5.56 Å². The second kappa shape index (κ2) is 9.40. The maximum atomic E-state index is 12.1. The lowest BCUT2D eigenvalue weighted by Crippen LogP contribution is -2.30. The van der Waals surface area contributed by atoms with E-state index in [1.54, 1.807) is 24.3 Å². The molecule has 26 heavy (non-hydrogen) atoms. The van der Waals surface area contributed by atoms with Crippen LogP contribution in [0.2, 0.25) is 10.0 Å². The Kier molecular flexibility index (Phi) is 7.24. The largest absolute Gasteiger partial charge is 0.493 e. The number of rotatable bonds is 7. The standard InChI is InChI=1S/C18H20Cl2N2O4/c1-24-15-9-13(10-16(25-2)17(15)26-3)22-18(23)21-7-6-11-4-5-12(19)8-14(11)20/h4-5,8-10H,6-7H2,1-3H3,(H2,21,22,23). The quantitative estimate of drug-likeness (QED) is 0.725. The molecule has 0 atom stereocenters. The Hall–Kier alpha value is -2.31. The lowest BCUT2D eigenvalue weighted by atomic mass is 10.1. The molecule has 2 rings (SSSR count). The fourth-order valence-electron chi connectivity index (χ4n) is 2.36. The highest BCUT2D eigenvalue weighted by molar-refractivity contribution is 6.35. The molecule has 0 aromatic heterocycles. The number of hydrogen-bond donors (Lipinski definition) is 2. The highest BCUT2D eigenvalue weighted by atomic mass is 35.5. The van der Waals surface area contributed by atoms with Gasteiger partial charge >= 0.3 is 6.03 Å². The number of carbonyl (C=O) groups excluding carboxylic acids is 1. The van der Waals surface area contributed by atoms with Crippen LogP contribution in [-0.4, -0.2) is 33.9 Å². The van der Waals surface area contributed by atoms with Gasteiger partial charge in [0.2, 0.25) is 5.75 Å². The third kappa shape index (κ3) is 5.09. The molecular formula is C18H20Cl2N2O4. The summed E-state index contributed by atoms with van der Waals surface area (Å²) in [6, 6.07) is 8.22. The van der Waals surface area contributed by atoms with Crippen LogP contribution < -0.4 is 24.8 Å². The second-order valence-electron chi connectivity index (χ2n) is 5.28. The molecule has 2 amide bonds. The zero-order valence-corrected chi connectivity index (χ0v) is 16.2. The maximum absolute atomic E-state index is 12.1. The molecule has 8 heteroatoms. The van der Waals surface area contributed by atoms with Gasteiger partial charge < -0.3 is 24.8 Å². The molecule has 0 unspecified atom stereocenters. The third-order valence-corrected chi connectivity index (χ3v) is 4.20. The van der Waals surface area contributed by atoms with Crippen molar-refractivity contribution in [1.29, 1.82) is 0 Å². The number of anilines is 1. The van der Waals surface area contributed by atoms with Crippen molar-refractivity contribution in [3.8, 4) is 17.2 Å². The Morgan fingerprint density at radius 2 is 1.65 bits per heavy atom. The summed E-state index contributed by atoms with van der Waals surface area (Å²) in [4.78, 5) is 12.1. The Labute approximate surface area is 162 Å². The van der Waals surface area contributed by atoms with Crippen molar-refractivity contribution in [3.05, 3.63) is 45.9 Å². The van der Waals surface area contributed by atoms with Crippen molar-refractivity contribution < 1.29 is 19.0 Å². The fourth-order valence-corrected chi connectivity index (χ4v) is 2.87. The molecule has 0 bridgehead atoms. The van der Waals surface area contributed by atoms with Gasteiger partial charge in [0.05, 0.1) is 27.0 Å². The monoisotopic (exact) mass is 398 g/mol. The first-order valence-electron chi connectivity index (χ1n) is 7.77. The van der Waals surface area contributed by atoms with Crippen LogP contribution in [0.5, 0.6) is 17.2 Å². The van der Waals surface area contributed by atoms with Crippen LogP contribution in [0.15, 0.2) is 30.3 Å². The Bertz CT molecular complexity index is 759. The summed E-state index contributed by atoms with van der Waals surface area (Å²) in [6.07, 6.45) is 0.582. The van der Waals surface area contributed by atoms with E-state index in [9.17, 15) is 4.79 Å². The first-order valence-corrected chi connectivity index (χ1v) is 8.52. The smallest absolute Gasteiger partial charge is 0.319 e. The van der Waals surface area contributed by atoms with Crippen molar-refractivity contribution >= 4 is 34.9 Å². The normalized spacial score (nSPS) is 10.2. The number of urea groups is 1. The Morgan fingerprint density at radius 1 is 1.00 bits per heavy atom. The van der Waals surface area contributed by atoms with Gasteiger partial charge in [0.25, 0.3) is 0 Å². The molecule has 0 fully saturated rings. The minimum absolute atomic E-state index is 0.357. The van der Waals surface area contributed by atoms with Crippen LogP contribution in [0, 0.1) is 0 Å². The summed E-state index contributed by atoms with van der Waals surface area (Å²) in [6.45, 7) is 0.414. The molecule has 0 heterocycles. The summed E-state index contributed by atoms with van der Waals surface area (Å²) in [7, 11) is 4.54. The molecule has 2 aromatic rings. The van der Waals surface area contributed by atoms with Crippen LogP contribution in [-0.2, 0) is 6.42 Å². The van der Waals surface area contributed by atoms with E-state index in [2.05, 4.69) is 10.6 Å². The van der Waals surface area contributed by atoms with Crippen molar-refractivity contribution in [3.63, 3.8) is 0 Å². The highest BCUT2D eigenvalue weighted by Crippen LogP contribution is 2.39. The Morgan fingerprint density at radius 3 is 2.19 bits per heavy atom. The van der Waals surface area contributed by atoms with Gasteiger partial charge in [-0.15, -0.1) is 0 Å². The van der Waals surface area contributed by atoms with Crippen LogP contribution in [0.3, 0.4) is 0 Å². The van der Waals surface area contributed by atoms with Gasteiger partial charge in [-0.1, -0.05) is 29.3 Å². The number of methoxy groups -OCH3 is 3. The summed E-state index contributed by atoms with van der Waals surface area (Å²) in [5.74, 6) is 1.36. The van der Waals surface area contributed by atoms with E-state index in [4.69, 9.17) is 37.4 Å².